The van der Waals surface area contributed by atoms with Crippen LogP contribution in [0.15, 0.2) is 119 Å². The van der Waals surface area contributed by atoms with Crippen LogP contribution in [-0.4, -0.2) is 71.7 Å². The van der Waals surface area contributed by atoms with Gasteiger partial charge < -0.3 is 34.2 Å². The van der Waals surface area contributed by atoms with Gasteiger partial charge in [-0.15, -0.1) is 18.3 Å². The van der Waals surface area contributed by atoms with Gasteiger partial charge >= 0.3 is 0 Å². The lowest BCUT2D eigenvalue weighted by Gasteiger charge is -2.60. The first kappa shape index (κ1) is 42.1. The number of unbranched alkanes of at least 4 members (excludes halogenated alkanes) is 2. The number of ether oxygens (including phenoxy) is 3. The highest BCUT2D eigenvalue weighted by molar-refractivity contribution is 7.98. The molecule has 1 amide bonds. The minimum atomic E-state index is -1.32. The molecule has 316 valence electrons. The number of rotatable bonds is 19. The van der Waals surface area contributed by atoms with Crippen molar-refractivity contribution in [3.63, 3.8) is 0 Å². The van der Waals surface area contributed by atoms with E-state index < -0.39 is 11.8 Å². The minimum absolute atomic E-state index is 0.0685. The quantitative estimate of drug-likeness (QED) is 0.0416. The first-order chi connectivity index (χ1) is 29.4. The first-order valence-electron chi connectivity index (χ1n) is 21.6. The van der Waals surface area contributed by atoms with Crippen molar-refractivity contribution in [2.45, 2.75) is 87.0 Å². The number of nitrogens with zero attached hydrogens (tertiary/aromatic N) is 2. The Bertz CT molecular complexity index is 2200. The van der Waals surface area contributed by atoms with E-state index >= 15 is 0 Å². The number of thioether (sulfide) groups is 1. The Kier molecular flexibility index (Phi) is 13.3. The Morgan fingerprint density at radius 2 is 1.72 bits per heavy atom. The predicted octanol–water partition coefficient (Wildman–Crippen LogP) is 10.1. The first-order valence-corrected chi connectivity index (χ1v) is 22.9. The summed E-state index contributed by atoms with van der Waals surface area (Å²) >= 11 is 1.69. The fraction of sp³-hybridized carbons (Fsp3) is 0.440. The lowest BCUT2D eigenvalue weighted by Crippen LogP contribution is -2.70. The highest BCUT2D eigenvalue weighted by Crippen LogP contribution is 2.62. The second-order valence-corrected chi connectivity index (χ2v) is 17.5. The Hall–Kier alpha value is -4.61. The third kappa shape index (κ3) is 8.49. The van der Waals surface area contributed by atoms with E-state index in [0.29, 0.717) is 37.3 Å². The van der Waals surface area contributed by atoms with Gasteiger partial charge in [-0.2, -0.15) is 0 Å². The third-order valence-corrected chi connectivity index (χ3v) is 13.7. The van der Waals surface area contributed by atoms with Crippen LogP contribution in [0.3, 0.4) is 0 Å². The Labute approximate surface area is 358 Å². The number of hydrogen-bond acceptors (Lipinski definition) is 9. The van der Waals surface area contributed by atoms with Gasteiger partial charge in [-0.05, 0) is 121 Å². The van der Waals surface area contributed by atoms with Crippen LogP contribution < -0.4 is 9.47 Å². The number of aliphatic hydroxyl groups is 2. The van der Waals surface area contributed by atoms with Crippen LogP contribution in [0.2, 0.25) is 0 Å². The molecule has 4 aromatic rings. The number of fused-ring (bicyclic) bond motifs is 3. The lowest BCUT2D eigenvalue weighted by atomic mass is 9.55. The van der Waals surface area contributed by atoms with Crippen LogP contribution in [-0.2, 0) is 20.9 Å². The summed E-state index contributed by atoms with van der Waals surface area (Å²) in [5.41, 5.74) is 3.89. The summed E-state index contributed by atoms with van der Waals surface area (Å²) < 4.78 is 21.2. The summed E-state index contributed by atoms with van der Waals surface area (Å²) in [4.78, 5) is 23.8. The van der Waals surface area contributed by atoms with Crippen molar-refractivity contribution in [2.75, 3.05) is 33.2 Å². The topological polar surface area (TPSA) is 110 Å². The van der Waals surface area contributed by atoms with Gasteiger partial charge in [-0.3, -0.25) is 4.79 Å². The SMILES string of the molecule is C=CCO[C@@]12Oc3ccc(Oc4ccc(SC)cc4)cc3[C@H]3[C@H](CCCCO)[C@@H](CCCCO)C=C(C(=NOC)C[C@@H]1N(Cc1cccc4ccccc14)C(=O)C1CC1)[C@H]32. The predicted molar refractivity (Wildman–Crippen MR) is 237 cm³/mol. The number of amides is 1. The van der Waals surface area contributed by atoms with Gasteiger partial charge in [0.05, 0.1) is 18.2 Å². The van der Waals surface area contributed by atoms with Crippen molar-refractivity contribution in [1.82, 2.24) is 4.90 Å². The number of carbonyl (C=O) groups excluding carboxylic acids is 1. The number of carbonyl (C=O) groups is 1. The molecule has 2 saturated carbocycles. The van der Waals surface area contributed by atoms with Gasteiger partial charge in [0.25, 0.3) is 0 Å². The smallest absolute Gasteiger partial charge is 0.239 e. The van der Waals surface area contributed by atoms with E-state index in [1.165, 1.54) is 0 Å². The van der Waals surface area contributed by atoms with Crippen molar-refractivity contribution >= 4 is 34.2 Å². The molecule has 0 unspecified atom stereocenters. The molecular weight excluding hydrogens is 773 g/mol. The van der Waals surface area contributed by atoms with E-state index in [2.05, 4.69) is 67.4 Å². The molecule has 4 aliphatic rings. The van der Waals surface area contributed by atoms with Crippen LogP contribution >= 0.6 is 11.8 Å². The molecule has 60 heavy (non-hydrogen) atoms. The number of benzene rings is 4. The molecule has 4 aromatic carbocycles. The van der Waals surface area contributed by atoms with Crippen molar-refractivity contribution in [2.24, 2.45) is 28.8 Å². The molecule has 1 heterocycles. The highest BCUT2D eigenvalue weighted by Gasteiger charge is 2.66. The normalized spacial score (nSPS) is 24.8. The lowest BCUT2D eigenvalue weighted by molar-refractivity contribution is -0.258. The molecule has 0 spiro atoms. The maximum Gasteiger partial charge on any atom is 0.239 e. The molecular formula is C50H58N2O7S. The van der Waals surface area contributed by atoms with Crippen molar-refractivity contribution in [1.29, 1.82) is 0 Å². The fourth-order valence-electron chi connectivity index (χ4n) is 10.1. The maximum atomic E-state index is 14.9. The molecule has 0 radical (unpaired) electrons. The molecule has 0 bridgehead atoms. The zero-order chi connectivity index (χ0) is 41.6. The molecule has 2 N–H and O–H groups in total. The van der Waals surface area contributed by atoms with Crippen molar-refractivity contribution in [3.05, 3.63) is 120 Å². The second kappa shape index (κ2) is 19.0. The van der Waals surface area contributed by atoms with E-state index in [0.717, 1.165) is 82.4 Å². The van der Waals surface area contributed by atoms with Crippen molar-refractivity contribution < 1.29 is 34.1 Å². The molecule has 1 aliphatic heterocycles. The molecule has 2 fully saturated rings. The van der Waals surface area contributed by atoms with Crippen LogP contribution in [0.25, 0.3) is 10.8 Å². The molecule has 6 atom stereocenters. The average Bonchev–Trinajstić information content (AvgIpc) is 4.13. The third-order valence-electron chi connectivity index (χ3n) is 12.9. The monoisotopic (exact) mass is 830 g/mol. The van der Waals surface area contributed by atoms with Crippen LogP contribution in [0, 0.1) is 23.7 Å². The van der Waals surface area contributed by atoms with Gasteiger partial charge in [0.2, 0.25) is 11.7 Å². The molecule has 8 rings (SSSR count). The number of oxime groups is 1. The van der Waals surface area contributed by atoms with E-state index in [9.17, 15) is 15.0 Å². The van der Waals surface area contributed by atoms with Crippen LogP contribution in [0.4, 0.5) is 0 Å². The van der Waals surface area contributed by atoms with E-state index in [-0.39, 0.29) is 55.3 Å². The van der Waals surface area contributed by atoms with Crippen molar-refractivity contribution in [3.8, 4) is 17.2 Å². The maximum absolute atomic E-state index is 14.9. The van der Waals surface area contributed by atoms with Gasteiger partial charge in [0, 0.05) is 48.5 Å². The molecule has 3 aliphatic carbocycles. The van der Waals surface area contributed by atoms with Crippen LogP contribution in [0.5, 0.6) is 17.2 Å². The zero-order valence-corrected chi connectivity index (χ0v) is 35.7. The second-order valence-electron chi connectivity index (χ2n) is 16.6. The summed E-state index contributed by atoms with van der Waals surface area (Å²) in [6.45, 7) is 4.93. The average molecular weight is 831 g/mol. The summed E-state index contributed by atoms with van der Waals surface area (Å²) in [5, 5.41) is 26.9. The van der Waals surface area contributed by atoms with E-state index in [4.69, 9.17) is 24.2 Å². The Morgan fingerprint density at radius 3 is 2.45 bits per heavy atom. The van der Waals surface area contributed by atoms with Gasteiger partial charge in [0.15, 0.2) is 0 Å². The zero-order valence-electron chi connectivity index (χ0n) is 34.8. The van der Waals surface area contributed by atoms with Gasteiger partial charge in [-0.25, -0.2) is 0 Å². The minimum Gasteiger partial charge on any atom is -0.459 e. The molecule has 10 heteroatoms. The standard InChI is InChI=1S/C50H58N2O7S/c1-4-28-57-50-46(52(49(55)34-18-19-34)32-36-15-11-14-33-12-5-6-16-40(33)36)31-44(51-56-2)42-29-35(13-7-9-26-53)41(17-8-10-27-54)47(48(42)50)43-30-38(22-25-45(43)59-50)58-37-20-23-39(60-3)24-21-37/h4-6,11-12,14-16,20-25,29-30,34-35,41,46-48,53-54H,1,7-10,13,17-19,26-28,31-32H2,2-3H3/t35-,41+,46-,47+,48+,50+/m0/s1. The number of aliphatic hydroxyl groups excluding tert-OH is 2. The summed E-state index contributed by atoms with van der Waals surface area (Å²) in [6.07, 6.45) is 13.1. The van der Waals surface area contributed by atoms with E-state index in [1.807, 2.05) is 41.3 Å². The Morgan fingerprint density at radius 1 is 0.967 bits per heavy atom. The van der Waals surface area contributed by atoms with E-state index in [1.54, 1.807) is 24.9 Å². The summed E-state index contributed by atoms with van der Waals surface area (Å²) in [6, 6.07) is 28.3. The fourth-order valence-corrected chi connectivity index (χ4v) is 10.5. The number of allylic oxidation sites excluding steroid dienone is 1. The largest absolute Gasteiger partial charge is 0.459 e. The highest BCUT2D eigenvalue weighted by atomic mass is 32.2. The Balaban J connectivity index is 1.32. The molecule has 0 aromatic heterocycles. The number of hydrogen-bond donors (Lipinski definition) is 2. The van der Waals surface area contributed by atoms with Gasteiger partial charge in [-0.1, -0.05) is 72.6 Å². The van der Waals surface area contributed by atoms with Crippen LogP contribution in [0.1, 0.15) is 74.8 Å². The molecule has 9 nitrogen and oxygen atoms in total. The summed E-state index contributed by atoms with van der Waals surface area (Å²) in [7, 11) is 1.58. The van der Waals surface area contributed by atoms with Gasteiger partial charge in [0.1, 0.15) is 30.4 Å². The summed E-state index contributed by atoms with van der Waals surface area (Å²) in [5.74, 6) is 0.584. The molecule has 0 saturated heterocycles.